The van der Waals surface area contributed by atoms with E-state index in [0.717, 1.165) is 44.2 Å². The van der Waals surface area contributed by atoms with Gasteiger partial charge in [-0.15, -0.1) is 0 Å². The third kappa shape index (κ3) is 3.76. The molecule has 1 atom stereocenters. The first-order chi connectivity index (χ1) is 11.2. The van der Waals surface area contributed by atoms with Crippen molar-refractivity contribution in [2.45, 2.75) is 19.9 Å². The van der Waals surface area contributed by atoms with Gasteiger partial charge in [-0.05, 0) is 25.6 Å². The number of nitrogens with zero attached hydrogens (tertiary/aromatic N) is 2. The van der Waals surface area contributed by atoms with Crippen molar-refractivity contribution in [3.63, 3.8) is 0 Å². The largest absolute Gasteiger partial charge is 0.486 e. The minimum absolute atomic E-state index is 0.0200. The van der Waals surface area contributed by atoms with Crippen molar-refractivity contribution < 1.29 is 14.3 Å². The SMILES string of the molecule is CCN1CCN(C(C)C(=O)Nc2ccc3c(c2)OCCO3)CC1. The van der Waals surface area contributed by atoms with Crippen molar-refractivity contribution in [2.24, 2.45) is 0 Å². The molecule has 0 saturated carbocycles. The van der Waals surface area contributed by atoms with Gasteiger partial charge in [0.25, 0.3) is 0 Å². The van der Waals surface area contributed by atoms with Crippen molar-refractivity contribution in [2.75, 3.05) is 51.3 Å². The number of likely N-dealkylation sites (N-methyl/N-ethyl adjacent to an activating group) is 1. The predicted molar refractivity (Wildman–Crippen MR) is 89.2 cm³/mol. The summed E-state index contributed by atoms with van der Waals surface area (Å²) in [6.45, 7) is 10.2. The molecule has 2 aliphatic heterocycles. The minimum atomic E-state index is -0.137. The summed E-state index contributed by atoms with van der Waals surface area (Å²) >= 11 is 0. The molecule has 0 aromatic heterocycles. The number of carbonyl (C=O) groups is 1. The molecule has 2 aliphatic rings. The standard InChI is InChI=1S/C17H25N3O3/c1-3-19-6-8-20(9-7-19)13(2)17(21)18-14-4-5-15-16(12-14)23-11-10-22-15/h4-5,12-13H,3,6-11H2,1-2H3,(H,18,21). The van der Waals surface area contributed by atoms with Gasteiger partial charge >= 0.3 is 0 Å². The smallest absolute Gasteiger partial charge is 0.241 e. The summed E-state index contributed by atoms with van der Waals surface area (Å²) in [5, 5.41) is 2.98. The number of hydrogen-bond donors (Lipinski definition) is 1. The van der Waals surface area contributed by atoms with Crippen LogP contribution in [0.5, 0.6) is 11.5 Å². The van der Waals surface area contributed by atoms with E-state index in [-0.39, 0.29) is 11.9 Å². The fraction of sp³-hybridized carbons (Fsp3) is 0.588. The number of piperazine rings is 1. The Hall–Kier alpha value is -1.79. The molecule has 1 saturated heterocycles. The van der Waals surface area contributed by atoms with Gasteiger partial charge in [-0.1, -0.05) is 6.92 Å². The molecule has 6 heteroatoms. The minimum Gasteiger partial charge on any atom is -0.486 e. The van der Waals surface area contributed by atoms with Gasteiger partial charge in [0.05, 0.1) is 6.04 Å². The highest BCUT2D eigenvalue weighted by Crippen LogP contribution is 2.32. The maximum absolute atomic E-state index is 12.5. The molecule has 0 spiro atoms. The van der Waals surface area contributed by atoms with Crippen LogP contribution in [0.3, 0.4) is 0 Å². The number of ether oxygens (including phenoxy) is 2. The Balaban J connectivity index is 1.58. The Morgan fingerprint density at radius 2 is 1.87 bits per heavy atom. The molecule has 0 bridgehead atoms. The van der Waals surface area contributed by atoms with Gasteiger partial charge in [-0.25, -0.2) is 0 Å². The summed E-state index contributed by atoms with van der Waals surface area (Å²) in [6.07, 6.45) is 0. The molecule has 0 aliphatic carbocycles. The van der Waals surface area contributed by atoms with E-state index in [1.165, 1.54) is 0 Å². The molecule has 1 fully saturated rings. The summed E-state index contributed by atoms with van der Waals surface area (Å²) in [4.78, 5) is 17.1. The lowest BCUT2D eigenvalue weighted by Gasteiger charge is -2.36. The maximum Gasteiger partial charge on any atom is 0.241 e. The Morgan fingerprint density at radius 1 is 1.17 bits per heavy atom. The van der Waals surface area contributed by atoms with Crippen molar-refractivity contribution in [1.82, 2.24) is 9.80 Å². The van der Waals surface area contributed by atoms with Crippen LogP contribution in [0.25, 0.3) is 0 Å². The first-order valence-electron chi connectivity index (χ1n) is 8.34. The lowest BCUT2D eigenvalue weighted by Crippen LogP contribution is -2.52. The molecule has 1 amide bonds. The Labute approximate surface area is 137 Å². The van der Waals surface area contributed by atoms with Crippen LogP contribution in [0.2, 0.25) is 0 Å². The second-order valence-corrected chi connectivity index (χ2v) is 5.99. The Morgan fingerprint density at radius 3 is 2.57 bits per heavy atom. The highest BCUT2D eigenvalue weighted by Gasteiger charge is 2.25. The highest BCUT2D eigenvalue weighted by atomic mass is 16.6. The second-order valence-electron chi connectivity index (χ2n) is 5.99. The zero-order valence-electron chi connectivity index (χ0n) is 13.9. The van der Waals surface area contributed by atoms with E-state index < -0.39 is 0 Å². The molecule has 1 N–H and O–H groups in total. The zero-order valence-corrected chi connectivity index (χ0v) is 13.9. The lowest BCUT2D eigenvalue weighted by atomic mass is 10.2. The molecule has 23 heavy (non-hydrogen) atoms. The molecule has 0 radical (unpaired) electrons. The molecule has 126 valence electrons. The molecule has 1 aromatic rings. The average Bonchev–Trinajstić information content (AvgIpc) is 2.61. The van der Waals surface area contributed by atoms with E-state index in [9.17, 15) is 4.79 Å². The van der Waals surface area contributed by atoms with E-state index in [4.69, 9.17) is 9.47 Å². The molecular formula is C17H25N3O3. The van der Waals surface area contributed by atoms with Crippen LogP contribution < -0.4 is 14.8 Å². The summed E-state index contributed by atoms with van der Waals surface area (Å²) in [6, 6.07) is 5.39. The van der Waals surface area contributed by atoms with Gasteiger partial charge in [0.2, 0.25) is 5.91 Å². The van der Waals surface area contributed by atoms with Gasteiger partial charge in [-0.3, -0.25) is 9.69 Å². The molecule has 3 rings (SSSR count). The van der Waals surface area contributed by atoms with E-state index in [2.05, 4.69) is 22.0 Å². The first kappa shape index (κ1) is 16.1. The normalized spacial score (nSPS) is 20.1. The Kier molecular flexibility index (Phi) is 5.03. The summed E-state index contributed by atoms with van der Waals surface area (Å²) < 4.78 is 11.1. The molecule has 1 aromatic carbocycles. The zero-order chi connectivity index (χ0) is 16.2. The first-order valence-corrected chi connectivity index (χ1v) is 8.34. The van der Waals surface area contributed by atoms with Crippen molar-refractivity contribution in [1.29, 1.82) is 0 Å². The van der Waals surface area contributed by atoms with Gasteiger partial charge < -0.3 is 19.7 Å². The van der Waals surface area contributed by atoms with Gasteiger partial charge in [0, 0.05) is 37.9 Å². The van der Waals surface area contributed by atoms with Gasteiger partial charge in [0.15, 0.2) is 11.5 Å². The summed E-state index contributed by atoms with van der Waals surface area (Å²) in [7, 11) is 0. The predicted octanol–water partition coefficient (Wildman–Crippen LogP) is 1.42. The van der Waals surface area contributed by atoms with Crippen LogP contribution in [-0.4, -0.2) is 67.7 Å². The number of amides is 1. The van der Waals surface area contributed by atoms with Crippen LogP contribution in [0, 0.1) is 0 Å². The fourth-order valence-corrected chi connectivity index (χ4v) is 3.00. The van der Waals surface area contributed by atoms with Gasteiger partial charge in [0.1, 0.15) is 13.2 Å². The number of hydrogen-bond acceptors (Lipinski definition) is 5. The number of fused-ring (bicyclic) bond motifs is 1. The number of anilines is 1. The van der Waals surface area contributed by atoms with E-state index in [1.54, 1.807) is 0 Å². The second kappa shape index (κ2) is 7.19. The van der Waals surface area contributed by atoms with Crippen LogP contribution in [-0.2, 0) is 4.79 Å². The number of rotatable bonds is 4. The summed E-state index contributed by atoms with van der Waals surface area (Å²) in [5.74, 6) is 1.45. The van der Waals surface area contributed by atoms with Gasteiger partial charge in [-0.2, -0.15) is 0 Å². The average molecular weight is 319 g/mol. The maximum atomic E-state index is 12.5. The van der Waals surface area contributed by atoms with Crippen molar-refractivity contribution in [3.05, 3.63) is 18.2 Å². The Bertz CT molecular complexity index is 556. The third-order valence-corrected chi connectivity index (χ3v) is 4.59. The number of carbonyl (C=O) groups excluding carboxylic acids is 1. The molecule has 6 nitrogen and oxygen atoms in total. The monoisotopic (exact) mass is 319 g/mol. The van der Waals surface area contributed by atoms with Crippen molar-refractivity contribution >= 4 is 11.6 Å². The van der Waals surface area contributed by atoms with E-state index in [1.807, 2.05) is 25.1 Å². The fourth-order valence-electron chi connectivity index (χ4n) is 3.00. The topological polar surface area (TPSA) is 54.0 Å². The van der Waals surface area contributed by atoms with E-state index in [0.29, 0.717) is 19.0 Å². The molecule has 1 unspecified atom stereocenters. The van der Waals surface area contributed by atoms with Crippen LogP contribution >= 0.6 is 0 Å². The van der Waals surface area contributed by atoms with Crippen LogP contribution in [0.15, 0.2) is 18.2 Å². The van der Waals surface area contributed by atoms with Crippen LogP contribution in [0.1, 0.15) is 13.8 Å². The molecule has 2 heterocycles. The number of benzene rings is 1. The number of nitrogens with one attached hydrogen (secondary N) is 1. The van der Waals surface area contributed by atoms with E-state index >= 15 is 0 Å². The third-order valence-electron chi connectivity index (χ3n) is 4.59. The van der Waals surface area contributed by atoms with Crippen LogP contribution in [0.4, 0.5) is 5.69 Å². The van der Waals surface area contributed by atoms with Crippen molar-refractivity contribution in [3.8, 4) is 11.5 Å². The summed E-state index contributed by atoms with van der Waals surface area (Å²) in [5.41, 5.74) is 0.748. The highest BCUT2D eigenvalue weighted by molar-refractivity contribution is 5.94. The molecular weight excluding hydrogens is 294 g/mol. The lowest BCUT2D eigenvalue weighted by molar-refractivity contribution is -0.121. The quantitative estimate of drug-likeness (QED) is 0.910.